The molecule has 2 aromatic carbocycles. The molecule has 0 unspecified atom stereocenters. The molecule has 0 radical (unpaired) electrons. The molecule has 4 heteroatoms. The maximum atomic E-state index is 11.8. The van der Waals surface area contributed by atoms with E-state index in [9.17, 15) is 9.59 Å². The molecule has 0 spiro atoms. The van der Waals surface area contributed by atoms with E-state index in [1.54, 1.807) is 0 Å². The lowest BCUT2D eigenvalue weighted by atomic mass is 9.98. The summed E-state index contributed by atoms with van der Waals surface area (Å²) in [5, 5.41) is 2.87. The van der Waals surface area contributed by atoms with E-state index in [0.717, 1.165) is 11.1 Å². The molecule has 2 rings (SSSR count). The highest BCUT2D eigenvalue weighted by Gasteiger charge is 2.16. The van der Waals surface area contributed by atoms with Gasteiger partial charge in [-0.2, -0.15) is 0 Å². The lowest BCUT2D eigenvalue weighted by Gasteiger charge is -2.19. The molecule has 0 saturated carbocycles. The molecule has 0 heterocycles. The average molecular weight is 282 g/mol. The van der Waals surface area contributed by atoms with Crippen molar-refractivity contribution in [2.45, 2.75) is 18.9 Å². The molecule has 4 nitrogen and oxygen atoms in total. The molecule has 0 aliphatic heterocycles. The molecular weight excluding hydrogens is 264 g/mol. The fourth-order valence-electron chi connectivity index (χ4n) is 2.19. The number of amides is 2. The van der Waals surface area contributed by atoms with Crippen LogP contribution in [-0.2, 0) is 16.0 Å². The number of nitrogens with two attached hydrogens (primary N) is 1. The third kappa shape index (κ3) is 4.76. The minimum Gasteiger partial charge on any atom is -0.369 e. The van der Waals surface area contributed by atoms with Gasteiger partial charge < -0.3 is 11.1 Å². The highest BCUT2D eigenvalue weighted by Crippen LogP contribution is 2.18. The first kappa shape index (κ1) is 14.8. The molecule has 0 aliphatic carbocycles. The van der Waals surface area contributed by atoms with Crippen LogP contribution in [0.4, 0.5) is 0 Å². The van der Waals surface area contributed by atoms with Crippen molar-refractivity contribution in [3.63, 3.8) is 0 Å². The summed E-state index contributed by atoms with van der Waals surface area (Å²) < 4.78 is 0. The number of carbonyl (C=O) groups is 2. The zero-order chi connectivity index (χ0) is 15.1. The molecule has 21 heavy (non-hydrogen) atoms. The largest absolute Gasteiger partial charge is 0.369 e. The second-order valence-electron chi connectivity index (χ2n) is 4.86. The first-order chi connectivity index (χ1) is 10.1. The molecule has 1 atom stereocenters. The second kappa shape index (κ2) is 7.24. The summed E-state index contributed by atoms with van der Waals surface area (Å²) in [7, 11) is 0. The fraction of sp³-hybridized carbons (Fsp3) is 0.176. The van der Waals surface area contributed by atoms with Gasteiger partial charge in [-0.3, -0.25) is 9.59 Å². The highest BCUT2D eigenvalue weighted by atomic mass is 16.2. The third-order valence-corrected chi connectivity index (χ3v) is 3.15. The Morgan fingerprint density at radius 1 is 0.952 bits per heavy atom. The number of hydrogen-bond donors (Lipinski definition) is 2. The van der Waals surface area contributed by atoms with Crippen molar-refractivity contribution in [3.05, 3.63) is 71.8 Å². The van der Waals surface area contributed by atoms with Crippen molar-refractivity contribution in [2.24, 2.45) is 5.73 Å². The van der Waals surface area contributed by atoms with E-state index >= 15 is 0 Å². The third-order valence-electron chi connectivity index (χ3n) is 3.15. The van der Waals surface area contributed by atoms with E-state index in [0.29, 0.717) is 6.42 Å². The van der Waals surface area contributed by atoms with E-state index in [1.807, 2.05) is 60.7 Å². The number of rotatable bonds is 6. The van der Waals surface area contributed by atoms with Crippen molar-refractivity contribution >= 4 is 11.8 Å². The maximum Gasteiger partial charge on any atom is 0.229 e. The minimum absolute atomic E-state index is 0.180. The lowest BCUT2D eigenvalue weighted by molar-refractivity contribution is -0.128. The van der Waals surface area contributed by atoms with Crippen LogP contribution in [0.2, 0.25) is 0 Å². The Bertz CT molecular complexity index is 597. The van der Waals surface area contributed by atoms with Crippen LogP contribution in [0.1, 0.15) is 23.6 Å². The number of carbonyl (C=O) groups excluding carboxylic acids is 2. The van der Waals surface area contributed by atoms with Gasteiger partial charge in [0.05, 0.1) is 6.04 Å². The summed E-state index contributed by atoms with van der Waals surface area (Å²) in [4.78, 5) is 22.7. The van der Waals surface area contributed by atoms with Gasteiger partial charge in [0.15, 0.2) is 0 Å². The molecule has 0 aliphatic rings. The van der Waals surface area contributed by atoms with Gasteiger partial charge in [0.1, 0.15) is 6.42 Å². The Morgan fingerprint density at radius 3 is 2.10 bits per heavy atom. The van der Waals surface area contributed by atoms with Crippen LogP contribution in [0, 0.1) is 0 Å². The Kier molecular flexibility index (Phi) is 5.10. The van der Waals surface area contributed by atoms with Crippen LogP contribution in [0.3, 0.4) is 0 Å². The van der Waals surface area contributed by atoms with Gasteiger partial charge in [0, 0.05) is 0 Å². The molecular formula is C17H18N2O2. The number of nitrogens with one attached hydrogen (secondary N) is 1. The van der Waals surface area contributed by atoms with Crippen LogP contribution < -0.4 is 11.1 Å². The summed E-state index contributed by atoms with van der Waals surface area (Å²) in [6, 6.07) is 19.4. The highest BCUT2D eigenvalue weighted by molar-refractivity contribution is 5.96. The summed E-state index contributed by atoms with van der Waals surface area (Å²) in [5.41, 5.74) is 7.18. The van der Waals surface area contributed by atoms with Crippen LogP contribution in [-0.4, -0.2) is 11.8 Å². The zero-order valence-electron chi connectivity index (χ0n) is 11.7. The summed E-state index contributed by atoms with van der Waals surface area (Å²) in [6.45, 7) is 0. The van der Waals surface area contributed by atoms with Crippen LogP contribution in [0.15, 0.2) is 60.7 Å². The van der Waals surface area contributed by atoms with Gasteiger partial charge in [-0.05, 0) is 17.5 Å². The van der Waals surface area contributed by atoms with Gasteiger partial charge in [-0.1, -0.05) is 60.7 Å². The fourth-order valence-corrected chi connectivity index (χ4v) is 2.19. The van der Waals surface area contributed by atoms with E-state index in [2.05, 4.69) is 5.32 Å². The maximum absolute atomic E-state index is 11.8. The van der Waals surface area contributed by atoms with Crippen molar-refractivity contribution in [1.82, 2.24) is 5.32 Å². The minimum atomic E-state index is -0.626. The lowest BCUT2D eigenvalue weighted by Crippen LogP contribution is -2.33. The van der Waals surface area contributed by atoms with E-state index in [-0.39, 0.29) is 18.4 Å². The van der Waals surface area contributed by atoms with Crippen molar-refractivity contribution < 1.29 is 9.59 Å². The molecule has 108 valence electrons. The van der Waals surface area contributed by atoms with Crippen molar-refractivity contribution in [2.75, 3.05) is 0 Å². The Balaban J connectivity index is 2.15. The van der Waals surface area contributed by atoms with Gasteiger partial charge in [0.2, 0.25) is 11.8 Å². The quantitative estimate of drug-likeness (QED) is 0.795. The average Bonchev–Trinajstić information content (AvgIpc) is 2.48. The predicted octanol–water partition coefficient (Wildman–Crippen LogP) is 1.96. The molecule has 2 amide bonds. The Labute approximate surface area is 124 Å². The van der Waals surface area contributed by atoms with Gasteiger partial charge in [0.25, 0.3) is 0 Å². The van der Waals surface area contributed by atoms with Gasteiger partial charge >= 0.3 is 0 Å². The molecule has 0 saturated heterocycles. The van der Waals surface area contributed by atoms with Crippen LogP contribution in [0.5, 0.6) is 0 Å². The predicted molar refractivity (Wildman–Crippen MR) is 81.3 cm³/mol. The summed E-state index contributed by atoms with van der Waals surface area (Å²) in [5.74, 6) is -0.980. The number of benzene rings is 2. The topological polar surface area (TPSA) is 72.2 Å². The van der Waals surface area contributed by atoms with Gasteiger partial charge in [-0.15, -0.1) is 0 Å². The smallest absolute Gasteiger partial charge is 0.229 e. The number of hydrogen-bond acceptors (Lipinski definition) is 2. The summed E-state index contributed by atoms with van der Waals surface area (Å²) >= 11 is 0. The standard InChI is InChI=1S/C17H18N2O2/c18-16(20)12-17(21)19-15(14-9-5-2-6-10-14)11-13-7-3-1-4-8-13/h1-10,15H,11-12H2,(H2,18,20)(H,19,21)/t15-/m1/s1. The molecule has 3 N–H and O–H groups in total. The van der Waals surface area contributed by atoms with E-state index in [4.69, 9.17) is 5.73 Å². The van der Waals surface area contributed by atoms with Gasteiger partial charge in [-0.25, -0.2) is 0 Å². The van der Waals surface area contributed by atoms with Crippen molar-refractivity contribution in [3.8, 4) is 0 Å². The molecule has 0 fully saturated rings. The Hall–Kier alpha value is -2.62. The first-order valence-electron chi connectivity index (χ1n) is 6.81. The first-order valence-corrected chi connectivity index (χ1v) is 6.81. The van der Waals surface area contributed by atoms with E-state index in [1.165, 1.54) is 0 Å². The molecule has 2 aromatic rings. The second-order valence-corrected chi connectivity index (χ2v) is 4.86. The molecule has 0 aromatic heterocycles. The normalized spacial score (nSPS) is 11.6. The van der Waals surface area contributed by atoms with E-state index < -0.39 is 5.91 Å². The summed E-state index contributed by atoms with van der Waals surface area (Å²) in [6.07, 6.45) is 0.369. The zero-order valence-corrected chi connectivity index (χ0v) is 11.7. The monoisotopic (exact) mass is 282 g/mol. The SMILES string of the molecule is NC(=O)CC(=O)N[C@H](Cc1ccccc1)c1ccccc1. The number of primary amides is 1. The Morgan fingerprint density at radius 2 is 1.52 bits per heavy atom. The molecule has 0 bridgehead atoms. The van der Waals surface area contributed by atoms with Crippen LogP contribution in [0.25, 0.3) is 0 Å². The van der Waals surface area contributed by atoms with Crippen LogP contribution >= 0.6 is 0 Å². The van der Waals surface area contributed by atoms with Crippen molar-refractivity contribution in [1.29, 1.82) is 0 Å².